The molecular weight excluding hydrogens is 496 g/mol. The van der Waals surface area contributed by atoms with E-state index in [9.17, 15) is 13.6 Å². The second-order valence-electron chi connectivity index (χ2n) is 8.29. The summed E-state index contributed by atoms with van der Waals surface area (Å²) in [5.74, 6) is -1.77. The van der Waals surface area contributed by atoms with Crippen molar-refractivity contribution in [1.82, 2.24) is 35.0 Å². The normalized spacial score (nSPS) is 11.3. The van der Waals surface area contributed by atoms with Gasteiger partial charge in [-0.25, -0.2) is 19.9 Å². The van der Waals surface area contributed by atoms with Crippen LogP contribution in [0.3, 0.4) is 0 Å². The molecule has 3 N–H and O–H groups in total. The highest BCUT2D eigenvalue weighted by molar-refractivity contribution is 6.02. The van der Waals surface area contributed by atoms with Gasteiger partial charge >= 0.3 is 5.92 Å². The Balaban J connectivity index is 1.66. The highest BCUT2D eigenvalue weighted by atomic mass is 19.3. The Morgan fingerprint density at radius 2 is 1.84 bits per heavy atom. The number of aryl methyl sites for hydroxylation is 1. The van der Waals surface area contributed by atoms with E-state index in [2.05, 4.69) is 41.0 Å². The van der Waals surface area contributed by atoms with Crippen LogP contribution in [0.5, 0.6) is 5.75 Å². The fourth-order valence-electron chi connectivity index (χ4n) is 3.70. The molecule has 0 aliphatic heterocycles. The third-order valence-electron chi connectivity index (χ3n) is 5.54. The average molecular weight is 524 g/mol. The summed E-state index contributed by atoms with van der Waals surface area (Å²) in [5.41, 5.74) is 1.62. The lowest BCUT2D eigenvalue weighted by Gasteiger charge is -2.17. The molecule has 198 valence electrons. The number of hydrogen-bond acceptors (Lipinski definition) is 10. The van der Waals surface area contributed by atoms with Crippen molar-refractivity contribution >= 4 is 28.8 Å². The monoisotopic (exact) mass is 523 g/mol. The van der Waals surface area contributed by atoms with Crippen LogP contribution in [0.25, 0.3) is 11.4 Å². The van der Waals surface area contributed by atoms with Gasteiger partial charge in [0.05, 0.1) is 48.5 Å². The lowest BCUT2D eigenvalue weighted by Crippen LogP contribution is -2.29. The Kier molecular flexibility index (Phi) is 7.86. The number of methoxy groups -OCH3 is 1. The van der Waals surface area contributed by atoms with Gasteiger partial charge in [0.25, 0.3) is 0 Å². The minimum absolute atomic E-state index is 0.121. The fraction of sp³-hybridized carbons (Fsp3) is 0.280. The maximum atomic E-state index is 14.1. The number of Topliss-reactive ketones (excluding diaryl/α,β-unsaturated/α-hetero) is 1. The van der Waals surface area contributed by atoms with E-state index in [1.165, 1.54) is 26.6 Å². The van der Waals surface area contributed by atoms with E-state index in [1.54, 1.807) is 37.1 Å². The highest BCUT2D eigenvalue weighted by Crippen LogP contribution is 2.37. The molecule has 0 saturated heterocycles. The first-order chi connectivity index (χ1) is 18.2. The summed E-state index contributed by atoms with van der Waals surface area (Å²) in [6.45, 7) is 1.20. The largest absolute Gasteiger partial charge is 0.494 e. The topological polar surface area (TPSA) is 132 Å². The molecule has 4 rings (SSSR count). The van der Waals surface area contributed by atoms with Crippen molar-refractivity contribution in [3.63, 3.8) is 0 Å². The van der Waals surface area contributed by atoms with Crippen molar-refractivity contribution in [1.29, 1.82) is 0 Å². The summed E-state index contributed by atoms with van der Waals surface area (Å²) in [6.07, 6.45) is 5.51. The van der Waals surface area contributed by atoms with Gasteiger partial charge in [0.15, 0.2) is 17.4 Å². The Morgan fingerprint density at radius 3 is 2.47 bits per heavy atom. The average Bonchev–Trinajstić information content (AvgIpc) is 3.34. The van der Waals surface area contributed by atoms with Crippen LogP contribution in [0.2, 0.25) is 0 Å². The highest BCUT2D eigenvalue weighted by Gasteiger charge is 2.32. The van der Waals surface area contributed by atoms with Gasteiger partial charge in [-0.3, -0.25) is 9.48 Å². The first kappa shape index (κ1) is 26.5. The molecule has 38 heavy (non-hydrogen) atoms. The number of nitrogens with one attached hydrogen (secondary N) is 3. The molecule has 0 unspecified atom stereocenters. The lowest BCUT2D eigenvalue weighted by atomic mass is 10.1. The van der Waals surface area contributed by atoms with Crippen molar-refractivity contribution in [2.75, 3.05) is 31.3 Å². The summed E-state index contributed by atoms with van der Waals surface area (Å²) >= 11 is 0. The molecule has 0 radical (unpaired) electrons. The number of para-hydroxylation sites is 1. The number of benzene rings is 1. The van der Waals surface area contributed by atoms with Gasteiger partial charge in [0, 0.05) is 25.7 Å². The molecule has 0 saturated carbocycles. The standard InChI is InChI=1S/C25H27F2N9O2/c1-5-19(37)16-10-30-21(34-22-12-29-20(11-31-22)25(26,27)13-28-2)9-18(16)33-17-8-6-7-15(23(17)38-4)24-32-14-36(3)35-24/h6-12,14,28H,5,13H2,1-4H3,(H2,30,31,33,34). The molecule has 13 heteroatoms. The molecule has 0 amide bonds. The van der Waals surface area contributed by atoms with E-state index in [1.807, 2.05) is 12.1 Å². The number of alkyl halides is 2. The number of rotatable bonds is 11. The maximum absolute atomic E-state index is 14.1. The van der Waals surface area contributed by atoms with Crippen LogP contribution >= 0.6 is 0 Å². The minimum atomic E-state index is -3.16. The number of pyridine rings is 1. The number of aromatic nitrogens is 6. The predicted octanol–water partition coefficient (Wildman–Crippen LogP) is 4.07. The quantitative estimate of drug-likeness (QED) is 0.247. The summed E-state index contributed by atoms with van der Waals surface area (Å²) < 4.78 is 35.4. The second-order valence-corrected chi connectivity index (χ2v) is 8.29. The number of carbonyl (C=O) groups excluding carboxylic acids is 1. The molecule has 0 aliphatic carbocycles. The molecule has 0 fully saturated rings. The van der Waals surface area contributed by atoms with E-state index in [0.717, 1.165) is 6.20 Å². The summed E-state index contributed by atoms with van der Waals surface area (Å²) in [6, 6.07) is 7.08. The van der Waals surface area contributed by atoms with Crippen molar-refractivity contribution in [2.24, 2.45) is 7.05 Å². The van der Waals surface area contributed by atoms with Crippen LogP contribution < -0.4 is 20.7 Å². The number of halogens is 2. The van der Waals surface area contributed by atoms with Crippen LogP contribution in [0.4, 0.5) is 31.8 Å². The van der Waals surface area contributed by atoms with Crippen LogP contribution in [0.15, 0.2) is 49.2 Å². The van der Waals surface area contributed by atoms with Crippen LogP contribution in [0, 0.1) is 0 Å². The number of ketones is 1. The van der Waals surface area contributed by atoms with E-state index < -0.39 is 18.2 Å². The third kappa shape index (κ3) is 5.72. The van der Waals surface area contributed by atoms with E-state index >= 15 is 0 Å². The maximum Gasteiger partial charge on any atom is 0.303 e. The summed E-state index contributed by atoms with van der Waals surface area (Å²) in [7, 11) is 4.74. The molecule has 3 aromatic heterocycles. The van der Waals surface area contributed by atoms with Crippen molar-refractivity contribution < 1.29 is 18.3 Å². The van der Waals surface area contributed by atoms with Gasteiger partial charge in [-0.2, -0.15) is 13.9 Å². The first-order valence-electron chi connectivity index (χ1n) is 11.7. The zero-order valence-electron chi connectivity index (χ0n) is 21.3. The Morgan fingerprint density at radius 1 is 1.05 bits per heavy atom. The van der Waals surface area contributed by atoms with Crippen molar-refractivity contribution in [3.05, 3.63) is 60.4 Å². The molecule has 0 atom stereocenters. The van der Waals surface area contributed by atoms with Crippen molar-refractivity contribution in [3.8, 4) is 17.1 Å². The Bertz CT molecular complexity index is 1420. The molecule has 11 nitrogen and oxygen atoms in total. The fourth-order valence-corrected chi connectivity index (χ4v) is 3.70. The first-order valence-corrected chi connectivity index (χ1v) is 11.7. The van der Waals surface area contributed by atoms with Gasteiger partial charge < -0.3 is 20.7 Å². The lowest BCUT2D eigenvalue weighted by molar-refractivity contribution is -0.00606. The number of ether oxygens (including phenoxy) is 1. The minimum Gasteiger partial charge on any atom is -0.494 e. The summed E-state index contributed by atoms with van der Waals surface area (Å²) in [5, 5.41) is 13.0. The van der Waals surface area contributed by atoms with Gasteiger partial charge in [0.1, 0.15) is 23.7 Å². The molecular formula is C25H27F2N9O2. The SMILES string of the molecule is CCC(=O)c1cnc(Nc2cnc(C(F)(F)CNC)cn2)cc1Nc1cccc(-c2ncn(C)n2)c1OC. The van der Waals surface area contributed by atoms with Gasteiger partial charge in [-0.1, -0.05) is 13.0 Å². The number of likely N-dealkylation sites (N-methyl/N-ethyl adjacent to an activating group) is 1. The van der Waals surface area contributed by atoms with Gasteiger partial charge in [-0.05, 0) is 19.2 Å². The van der Waals surface area contributed by atoms with Crippen molar-refractivity contribution in [2.45, 2.75) is 19.3 Å². The molecule has 0 aliphatic rings. The van der Waals surface area contributed by atoms with Gasteiger partial charge in [0.2, 0.25) is 0 Å². The smallest absolute Gasteiger partial charge is 0.303 e. The number of hydrogen-bond donors (Lipinski definition) is 3. The predicted molar refractivity (Wildman–Crippen MR) is 138 cm³/mol. The Labute approximate surface area is 217 Å². The van der Waals surface area contributed by atoms with Crippen LogP contribution in [-0.4, -0.2) is 56.2 Å². The van der Waals surface area contributed by atoms with E-state index in [4.69, 9.17) is 4.74 Å². The molecule has 0 bridgehead atoms. The van der Waals surface area contributed by atoms with E-state index in [-0.39, 0.29) is 18.0 Å². The molecule has 1 aromatic carbocycles. The molecule has 3 heterocycles. The number of anilines is 4. The van der Waals surface area contributed by atoms with Crippen LogP contribution in [0.1, 0.15) is 29.4 Å². The van der Waals surface area contributed by atoms with E-state index in [0.29, 0.717) is 39.9 Å². The Hall–Kier alpha value is -4.52. The molecule has 4 aromatic rings. The van der Waals surface area contributed by atoms with Crippen LogP contribution in [-0.2, 0) is 13.0 Å². The second kappa shape index (κ2) is 11.3. The summed E-state index contributed by atoms with van der Waals surface area (Å²) in [4.78, 5) is 29.2. The number of nitrogens with zero attached hydrogens (tertiary/aromatic N) is 6. The third-order valence-corrected chi connectivity index (χ3v) is 5.54. The zero-order valence-corrected chi connectivity index (χ0v) is 21.3. The zero-order chi connectivity index (χ0) is 27.3. The van der Waals surface area contributed by atoms with Gasteiger partial charge in [-0.15, -0.1) is 0 Å². The number of carbonyl (C=O) groups is 1. The molecule has 0 spiro atoms.